The van der Waals surface area contributed by atoms with Gasteiger partial charge in [-0.15, -0.1) is 22.7 Å². The van der Waals surface area contributed by atoms with Crippen molar-refractivity contribution in [3.8, 4) is 5.69 Å². The Morgan fingerprint density at radius 3 is 1.79 bits per heavy atom. The molecule has 0 saturated carbocycles. The highest BCUT2D eigenvalue weighted by atomic mass is 32.1. The lowest BCUT2D eigenvalue weighted by atomic mass is 9.98. The minimum atomic E-state index is 0.679. The highest BCUT2D eigenvalue weighted by molar-refractivity contribution is 7.26. The van der Waals surface area contributed by atoms with Crippen molar-refractivity contribution >= 4 is 156 Å². The summed E-state index contributed by atoms with van der Waals surface area (Å²) in [7, 11) is 0. The van der Waals surface area contributed by atoms with Crippen molar-refractivity contribution in [1.29, 1.82) is 0 Å². The van der Waals surface area contributed by atoms with Crippen molar-refractivity contribution in [3.63, 3.8) is 0 Å². The zero-order valence-corrected chi connectivity index (χ0v) is 40.3. The summed E-state index contributed by atoms with van der Waals surface area (Å²) in [6, 6.07) is 75.3. The number of allylic oxidation sites excluding steroid dienone is 1. The standard InChI is InChI=1S/C66H39N3OS2/c1-2-17-41-35-57-53(34-40(41)16-1)62-42-18-5-3-14-38(42)31-33-56(62)69(57)58-36-51-46-32-30-39-15-4-6-19-43(39)63(46)70-59(51)37-52(58)55-27-13-26-54(49-24-11-22-47-44-20-7-9-28-60(44)71-64(47)49)67-66(68-55)50-25-12-23-48-45-21-8-10-29-61(45)72-65(48)50/h1-12,14-26,28-37H,13,27H2. The predicted molar refractivity (Wildman–Crippen MR) is 310 cm³/mol. The molecule has 0 spiro atoms. The van der Waals surface area contributed by atoms with E-state index in [9.17, 15) is 0 Å². The molecule has 0 atom stereocenters. The minimum absolute atomic E-state index is 0.679. The van der Waals surface area contributed by atoms with Crippen molar-refractivity contribution in [2.24, 2.45) is 9.98 Å². The average molecular weight is 954 g/mol. The van der Waals surface area contributed by atoms with E-state index in [2.05, 4.69) is 217 Å². The number of hydrogen-bond acceptors (Lipinski definition) is 5. The number of thiophene rings is 2. The van der Waals surface area contributed by atoms with Crippen molar-refractivity contribution in [2.75, 3.05) is 0 Å². The first-order chi connectivity index (χ1) is 35.7. The second kappa shape index (κ2) is 15.4. The van der Waals surface area contributed by atoms with E-state index in [0.717, 1.165) is 84.0 Å². The molecule has 0 radical (unpaired) electrons. The van der Waals surface area contributed by atoms with E-state index in [0.29, 0.717) is 12.3 Å². The second-order valence-corrected chi connectivity index (χ2v) is 21.2. The van der Waals surface area contributed by atoms with Gasteiger partial charge >= 0.3 is 0 Å². The SMILES string of the molecule is C1=C(c2cccc3c2sc2ccccc23)N=C(c2cccc3c2sc2ccccc23)N=C(c2cc3oc4c5ccccc5ccc4c3cc2-n2c3cc4ccccc4cc3c3c4ccccc4ccc32)CC1. The number of rotatable bonds is 4. The van der Waals surface area contributed by atoms with E-state index >= 15 is 0 Å². The van der Waals surface area contributed by atoms with Gasteiger partial charge in [0.05, 0.1) is 28.1 Å². The van der Waals surface area contributed by atoms with Gasteiger partial charge in [-0.3, -0.25) is 0 Å². The summed E-state index contributed by atoms with van der Waals surface area (Å²) in [6.07, 6.45) is 3.77. The van der Waals surface area contributed by atoms with Gasteiger partial charge in [-0.05, 0) is 94.4 Å². The third-order valence-electron chi connectivity index (χ3n) is 15.1. The molecule has 5 heterocycles. The lowest BCUT2D eigenvalue weighted by molar-refractivity contribution is 0.672. The maximum absolute atomic E-state index is 7.06. The molecular formula is C66H39N3OS2. The Morgan fingerprint density at radius 2 is 1.03 bits per heavy atom. The van der Waals surface area contributed by atoms with Crippen LogP contribution in [0, 0.1) is 0 Å². The van der Waals surface area contributed by atoms with E-state index in [1.165, 1.54) is 72.7 Å². The Labute approximate surface area is 420 Å². The topological polar surface area (TPSA) is 42.8 Å². The monoisotopic (exact) mass is 953 g/mol. The Hall–Kier alpha value is -8.68. The molecule has 11 aromatic carbocycles. The molecule has 0 aliphatic carbocycles. The number of amidine groups is 1. The van der Waals surface area contributed by atoms with Gasteiger partial charge in [-0.2, -0.15) is 0 Å². The van der Waals surface area contributed by atoms with E-state index in [1.807, 2.05) is 22.7 Å². The van der Waals surface area contributed by atoms with E-state index < -0.39 is 0 Å². The summed E-state index contributed by atoms with van der Waals surface area (Å²) in [5, 5.41) is 16.7. The van der Waals surface area contributed by atoms with Crippen LogP contribution in [0.2, 0.25) is 0 Å². The summed E-state index contributed by atoms with van der Waals surface area (Å²) in [4.78, 5) is 11.7. The summed E-state index contributed by atoms with van der Waals surface area (Å²) >= 11 is 3.66. The molecular weight excluding hydrogens is 915 g/mol. The summed E-state index contributed by atoms with van der Waals surface area (Å²) in [5.74, 6) is 0.701. The van der Waals surface area contributed by atoms with Gasteiger partial charge in [-0.25, -0.2) is 9.98 Å². The fourth-order valence-corrected chi connectivity index (χ4v) is 14.2. The van der Waals surface area contributed by atoms with Crippen LogP contribution in [0.3, 0.4) is 0 Å². The van der Waals surface area contributed by atoms with Crippen LogP contribution in [0.5, 0.6) is 0 Å². The molecule has 4 nitrogen and oxygen atoms in total. The quantitative estimate of drug-likeness (QED) is 0.173. The maximum atomic E-state index is 7.06. The van der Waals surface area contributed by atoms with Crippen molar-refractivity contribution in [3.05, 3.63) is 229 Å². The van der Waals surface area contributed by atoms with Crippen LogP contribution in [-0.2, 0) is 0 Å². The molecule has 0 amide bonds. The number of aromatic nitrogens is 1. The smallest absolute Gasteiger partial charge is 0.161 e. The lowest BCUT2D eigenvalue weighted by Gasteiger charge is -2.18. The number of hydrogen-bond donors (Lipinski definition) is 0. The van der Waals surface area contributed by atoms with Gasteiger partial charge in [0, 0.05) is 84.0 Å². The third kappa shape index (κ3) is 5.91. The first-order valence-electron chi connectivity index (χ1n) is 24.6. The van der Waals surface area contributed by atoms with E-state index in [4.69, 9.17) is 14.4 Å². The number of fused-ring (bicyclic) bond motifs is 17. The number of furan rings is 1. The zero-order chi connectivity index (χ0) is 47.0. The largest absolute Gasteiger partial charge is 0.455 e. The predicted octanol–water partition coefficient (Wildman–Crippen LogP) is 18.9. The van der Waals surface area contributed by atoms with Crippen LogP contribution in [0.4, 0.5) is 0 Å². The van der Waals surface area contributed by atoms with Crippen molar-refractivity contribution in [2.45, 2.75) is 12.8 Å². The molecule has 0 N–H and O–H groups in total. The van der Waals surface area contributed by atoms with Crippen LogP contribution in [0.25, 0.3) is 128 Å². The van der Waals surface area contributed by atoms with Gasteiger partial charge < -0.3 is 8.98 Å². The molecule has 0 bridgehead atoms. The highest BCUT2D eigenvalue weighted by Gasteiger charge is 2.25. The molecule has 72 heavy (non-hydrogen) atoms. The van der Waals surface area contributed by atoms with Gasteiger partial charge in [0.25, 0.3) is 0 Å². The average Bonchev–Trinajstić information content (AvgIpc) is 4.19. The normalized spacial score (nSPS) is 13.7. The molecule has 0 unspecified atom stereocenters. The Balaban J connectivity index is 1.02. The molecule has 0 saturated heterocycles. The molecule has 336 valence electrons. The van der Waals surface area contributed by atoms with Crippen LogP contribution < -0.4 is 0 Å². The van der Waals surface area contributed by atoms with E-state index in [1.54, 1.807) is 0 Å². The zero-order valence-electron chi connectivity index (χ0n) is 38.7. The molecule has 0 fully saturated rings. The second-order valence-electron chi connectivity index (χ2n) is 19.0. The Kier molecular flexibility index (Phi) is 8.58. The first-order valence-corrected chi connectivity index (χ1v) is 26.2. The molecule has 6 heteroatoms. The Bertz CT molecular complexity index is 4940. The van der Waals surface area contributed by atoms with Crippen LogP contribution in [0.1, 0.15) is 29.5 Å². The lowest BCUT2D eigenvalue weighted by Crippen LogP contribution is -2.12. The molecule has 15 aromatic rings. The Morgan fingerprint density at radius 1 is 0.417 bits per heavy atom. The summed E-state index contributed by atoms with van der Waals surface area (Å²) < 4.78 is 14.5. The number of nitrogens with zero attached hydrogens (tertiary/aromatic N) is 3. The fourth-order valence-electron chi connectivity index (χ4n) is 11.8. The first kappa shape index (κ1) is 40.1. The number of aliphatic imine (C=N–C) groups is 2. The van der Waals surface area contributed by atoms with Crippen LogP contribution in [-0.4, -0.2) is 16.1 Å². The highest BCUT2D eigenvalue weighted by Crippen LogP contribution is 2.45. The number of benzene rings is 11. The summed E-state index contributed by atoms with van der Waals surface area (Å²) in [6.45, 7) is 0. The third-order valence-corrected chi connectivity index (χ3v) is 17.5. The maximum Gasteiger partial charge on any atom is 0.161 e. The van der Waals surface area contributed by atoms with Crippen LogP contribution in [0.15, 0.2) is 227 Å². The molecule has 1 aliphatic heterocycles. The van der Waals surface area contributed by atoms with Gasteiger partial charge in [0.15, 0.2) is 5.84 Å². The molecule has 16 rings (SSSR count). The summed E-state index contributed by atoms with van der Waals surface area (Å²) in [5.41, 5.74) is 10.2. The van der Waals surface area contributed by atoms with Gasteiger partial charge in [0.2, 0.25) is 0 Å². The van der Waals surface area contributed by atoms with Crippen molar-refractivity contribution in [1.82, 2.24) is 4.57 Å². The van der Waals surface area contributed by atoms with Gasteiger partial charge in [0.1, 0.15) is 11.2 Å². The van der Waals surface area contributed by atoms with E-state index in [-0.39, 0.29) is 0 Å². The molecule has 1 aliphatic rings. The fraction of sp³-hybridized carbons (Fsp3) is 0.0303. The molecule has 4 aromatic heterocycles. The van der Waals surface area contributed by atoms with Gasteiger partial charge in [-0.1, -0.05) is 158 Å². The minimum Gasteiger partial charge on any atom is -0.455 e. The van der Waals surface area contributed by atoms with Crippen LogP contribution >= 0.6 is 22.7 Å². The van der Waals surface area contributed by atoms with Crippen molar-refractivity contribution < 1.29 is 4.42 Å².